The van der Waals surface area contributed by atoms with Crippen LogP contribution in [-0.2, 0) is 4.74 Å². The second kappa shape index (κ2) is 2.98. The molecule has 0 aliphatic carbocycles. The fraction of sp³-hybridized carbons (Fsp3) is 1.00. The Labute approximate surface area is 62.7 Å². The molecule has 2 nitrogen and oxygen atoms in total. The Morgan fingerprint density at radius 3 is 2.45 bits per heavy atom. The van der Waals surface area contributed by atoms with Crippen LogP contribution in [0.3, 0.4) is 0 Å². The molecule has 0 radical (unpaired) electrons. The SMILES string of the molecule is C[C@H]1CO[C@@H](C(F)(F)F)CN1. The molecule has 1 aliphatic rings. The van der Waals surface area contributed by atoms with Crippen LogP contribution in [-0.4, -0.2) is 31.5 Å². The largest absolute Gasteiger partial charge is 0.415 e. The monoisotopic (exact) mass is 169 g/mol. The molecule has 1 N–H and O–H groups in total. The number of halogens is 3. The molecule has 0 saturated carbocycles. The van der Waals surface area contributed by atoms with E-state index >= 15 is 0 Å². The Morgan fingerprint density at radius 1 is 1.45 bits per heavy atom. The minimum atomic E-state index is -4.23. The van der Waals surface area contributed by atoms with Crippen molar-refractivity contribution in [1.82, 2.24) is 5.32 Å². The zero-order chi connectivity index (χ0) is 8.48. The summed E-state index contributed by atoms with van der Waals surface area (Å²) in [4.78, 5) is 0. The first-order chi connectivity index (χ1) is 5.00. The highest BCUT2D eigenvalue weighted by Crippen LogP contribution is 2.23. The van der Waals surface area contributed by atoms with Crippen molar-refractivity contribution in [2.45, 2.75) is 25.2 Å². The van der Waals surface area contributed by atoms with Gasteiger partial charge in [0, 0.05) is 12.6 Å². The van der Waals surface area contributed by atoms with Crippen molar-refractivity contribution in [3.63, 3.8) is 0 Å². The average molecular weight is 169 g/mol. The normalized spacial score (nSPS) is 33.8. The molecule has 11 heavy (non-hydrogen) atoms. The van der Waals surface area contributed by atoms with Crippen molar-refractivity contribution in [3.05, 3.63) is 0 Å². The smallest absolute Gasteiger partial charge is 0.366 e. The standard InChI is InChI=1S/C6H10F3NO/c1-4-3-11-5(2-10-4)6(7,8)9/h4-5,10H,2-3H2,1H3/t4-,5+/m0/s1. The molecule has 1 rings (SSSR count). The van der Waals surface area contributed by atoms with Crippen LogP contribution in [0.15, 0.2) is 0 Å². The zero-order valence-corrected chi connectivity index (χ0v) is 6.11. The lowest BCUT2D eigenvalue weighted by Gasteiger charge is -2.29. The molecule has 0 aromatic rings. The van der Waals surface area contributed by atoms with Gasteiger partial charge in [-0.3, -0.25) is 0 Å². The van der Waals surface area contributed by atoms with Crippen LogP contribution >= 0.6 is 0 Å². The third-order valence-electron chi connectivity index (χ3n) is 1.56. The number of rotatable bonds is 0. The van der Waals surface area contributed by atoms with Crippen molar-refractivity contribution < 1.29 is 17.9 Å². The van der Waals surface area contributed by atoms with Crippen LogP contribution in [0.1, 0.15) is 6.92 Å². The fourth-order valence-corrected chi connectivity index (χ4v) is 0.897. The molecule has 1 heterocycles. The van der Waals surface area contributed by atoms with Crippen LogP contribution in [0.5, 0.6) is 0 Å². The fourth-order valence-electron chi connectivity index (χ4n) is 0.897. The lowest BCUT2D eigenvalue weighted by molar-refractivity contribution is -0.228. The lowest BCUT2D eigenvalue weighted by Crippen LogP contribution is -2.50. The maximum Gasteiger partial charge on any atom is 0.415 e. The van der Waals surface area contributed by atoms with E-state index < -0.39 is 12.3 Å². The quantitative estimate of drug-likeness (QED) is 0.582. The average Bonchev–Trinajstić information content (AvgIpc) is 1.86. The summed E-state index contributed by atoms with van der Waals surface area (Å²) in [5.41, 5.74) is 0. The van der Waals surface area contributed by atoms with Gasteiger partial charge in [-0.2, -0.15) is 13.2 Å². The minimum absolute atomic E-state index is 0.0219. The van der Waals surface area contributed by atoms with Gasteiger partial charge >= 0.3 is 6.18 Å². The van der Waals surface area contributed by atoms with Crippen LogP contribution in [0, 0.1) is 0 Å². The number of nitrogens with one attached hydrogen (secondary N) is 1. The lowest BCUT2D eigenvalue weighted by atomic mass is 10.2. The highest BCUT2D eigenvalue weighted by Gasteiger charge is 2.42. The second-order valence-electron chi connectivity index (χ2n) is 2.67. The Balaban J connectivity index is 2.39. The molecule has 66 valence electrons. The molecule has 0 amide bonds. The maximum atomic E-state index is 11.9. The van der Waals surface area contributed by atoms with E-state index in [0.29, 0.717) is 0 Å². The van der Waals surface area contributed by atoms with Crippen LogP contribution in [0.2, 0.25) is 0 Å². The third-order valence-corrected chi connectivity index (χ3v) is 1.56. The van der Waals surface area contributed by atoms with Gasteiger partial charge in [0.2, 0.25) is 0 Å². The molecule has 0 unspecified atom stereocenters. The highest BCUT2D eigenvalue weighted by atomic mass is 19.4. The van der Waals surface area contributed by atoms with Gasteiger partial charge in [-0.25, -0.2) is 0 Å². The Bertz CT molecular complexity index is 128. The summed E-state index contributed by atoms with van der Waals surface area (Å²) in [7, 11) is 0. The molecular weight excluding hydrogens is 159 g/mol. The molecule has 5 heteroatoms. The number of alkyl halides is 3. The summed E-state index contributed by atoms with van der Waals surface area (Å²) in [6.45, 7) is 1.78. The first-order valence-corrected chi connectivity index (χ1v) is 3.42. The molecule has 1 saturated heterocycles. The van der Waals surface area contributed by atoms with Crippen molar-refractivity contribution in [2.24, 2.45) is 0 Å². The number of ether oxygens (including phenoxy) is 1. The second-order valence-corrected chi connectivity index (χ2v) is 2.67. The summed E-state index contributed by atoms with van der Waals surface area (Å²) >= 11 is 0. The third kappa shape index (κ3) is 2.34. The summed E-state index contributed by atoms with van der Waals surface area (Å²) in [6.07, 6.45) is -5.86. The predicted molar refractivity (Wildman–Crippen MR) is 33.3 cm³/mol. The van der Waals surface area contributed by atoms with Gasteiger partial charge in [0.15, 0.2) is 6.10 Å². The van der Waals surface area contributed by atoms with E-state index in [1.807, 2.05) is 0 Å². The Kier molecular flexibility index (Phi) is 2.39. The highest BCUT2D eigenvalue weighted by molar-refractivity contribution is 4.77. The molecule has 0 bridgehead atoms. The van der Waals surface area contributed by atoms with Crippen molar-refractivity contribution in [3.8, 4) is 0 Å². The Hall–Kier alpha value is -0.290. The van der Waals surface area contributed by atoms with Crippen LogP contribution < -0.4 is 5.32 Å². The molecule has 0 aromatic heterocycles. The molecule has 1 fully saturated rings. The van der Waals surface area contributed by atoms with Gasteiger partial charge < -0.3 is 10.1 Å². The molecule has 0 spiro atoms. The molecular formula is C6H10F3NO. The molecule has 1 aliphatic heterocycles. The van der Waals surface area contributed by atoms with Crippen molar-refractivity contribution in [2.75, 3.05) is 13.2 Å². The topological polar surface area (TPSA) is 21.3 Å². The number of morpholine rings is 1. The zero-order valence-electron chi connectivity index (χ0n) is 6.11. The van der Waals surface area contributed by atoms with E-state index in [1.54, 1.807) is 6.92 Å². The summed E-state index contributed by atoms with van der Waals surface area (Å²) < 4.78 is 40.3. The van der Waals surface area contributed by atoms with E-state index in [-0.39, 0.29) is 19.2 Å². The van der Waals surface area contributed by atoms with Gasteiger partial charge in [0.25, 0.3) is 0 Å². The maximum absolute atomic E-state index is 11.9. The Morgan fingerprint density at radius 2 is 2.09 bits per heavy atom. The minimum Gasteiger partial charge on any atom is -0.366 e. The summed E-state index contributed by atoms with van der Waals surface area (Å²) in [5.74, 6) is 0. The van der Waals surface area contributed by atoms with E-state index in [2.05, 4.69) is 10.1 Å². The number of hydrogen-bond acceptors (Lipinski definition) is 2. The van der Waals surface area contributed by atoms with Crippen LogP contribution in [0.25, 0.3) is 0 Å². The van der Waals surface area contributed by atoms with E-state index in [0.717, 1.165) is 0 Å². The van der Waals surface area contributed by atoms with Gasteiger partial charge in [0.05, 0.1) is 6.61 Å². The van der Waals surface area contributed by atoms with E-state index in [9.17, 15) is 13.2 Å². The van der Waals surface area contributed by atoms with E-state index in [4.69, 9.17) is 0 Å². The van der Waals surface area contributed by atoms with Crippen LogP contribution in [0.4, 0.5) is 13.2 Å². The molecule has 0 aromatic carbocycles. The first-order valence-electron chi connectivity index (χ1n) is 3.42. The van der Waals surface area contributed by atoms with E-state index in [1.165, 1.54) is 0 Å². The predicted octanol–water partition coefficient (Wildman–Crippen LogP) is 0.926. The van der Waals surface area contributed by atoms with Gasteiger partial charge in [-0.05, 0) is 6.92 Å². The molecule has 2 atom stereocenters. The summed E-state index contributed by atoms with van der Waals surface area (Å²) in [6, 6.07) is 0.0219. The van der Waals surface area contributed by atoms with Gasteiger partial charge in [0.1, 0.15) is 0 Å². The first kappa shape index (κ1) is 8.80. The van der Waals surface area contributed by atoms with Crippen molar-refractivity contribution >= 4 is 0 Å². The van der Waals surface area contributed by atoms with Gasteiger partial charge in [-0.15, -0.1) is 0 Å². The van der Waals surface area contributed by atoms with Crippen molar-refractivity contribution in [1.29, 1.82) is 0 Å². The number of hydrogen-bond donors (Lipinski definition) is 1. The summed E-state index contributed by atoms with van der Waals surface area (Å²) in [5, 5.41) is 2.69. The van der Waals surface area contributed by atoms with Gasteiger partial charge in [-0.1, -0.05) is 0 Å².